The van der Waals surface area contributed by atoms with E-state index in [2.05, 4.69) is 17.9 Å². The van der Waals surface area contributed by atoms with Crippen molar-refractivity contribution in [2.24, 2.45) is 0 Å². The molecule has 0 bridgehead atoms. The smallest absolute Gasteiger partial charge is 0.0866 e. The zero-order valence-electron chi connectivity index (χ0n) is 8.33. The third-order valence-corrected chi connectivity index (χ3v) is 2.31. The molecular weight excluding hydrogens is 164 g/mol. The molecule has 1 rings (SSSR count). The van der Waals surface area contributed by atoms with E-state index in [1.807, 2.05) is 0 Å². The molecule has 1 unspecified atom stereocenters. The summed E-state index contributed by atoms with van der Waals surface area (Å²) in [6.45, 7) is 5.51. The van der Waals surface area contributed by atoms with E-state index < -0.39 is 0 Å². The predicted octanol–water partition coefficient (Wildman–Crippen LogP) is 1.40. The maximum Gasteiger partial charge on any atom is 0.0866 e. The second kappa shape index (κ2) is 5.95. The van der Waals surface area contributed by atoms with Crippen LogP contribution in [-0.4, -0.2) is 37.2 Å². The van der Waals surface area contributed by atoms with Gasteiger partial charge in [0.1, 0.15) is 0 Å². The molecule has 3 nitrogen and oxygen atoms in total. The van der Waals surface area contributed by atoms with Crippen LogP contribution in [0.4, 0.5) is 0 Å². The van der Waals surface area contributed by atoms with Gasteiger partial charge in [0, 0.05) is 13.2 Å². The number of hydrogen-bond donors (Lipinski definition) is 0. The van der Waals surface area contributed by atoms with Gasteiger partial charge in [-0.3, -0.25) is 4.90 Å². The molecule has 0 aromatic carbocycles. The molecule has 1 aliphatic rings. The Kier molecular flexibility index (Phi) is 4.81. The van der Waals surface area contributed by atoms with Crippen LogP contribution in [0.2, 0.25) is 0 Å². The van der Waals surface area contributed by atoms with Crippen molar-refractivity contribution in [2.45, 2.75) is 32.3 Å². The van der Waals surface area contributed by atoms with Gasteiger partial charge in [0.15, 0.2) is 0 Å². The molecule has 74 valence electrons. The van der Waals surface area contributed by atoms with Gasteiger partial charge in [0.05, 0.1) is 18.7 Å². The Balaban J connectivity index is 2.21. The molecular formula is C10H18N2O. The number of nitrogens with zero attached hydrogens (tertiary/aromatic N) is 2. The van der Waals surface area contributed by atoms with Gasteiger partial charge in [-0.05, 0) is 25.8 Å². The molecule has 0 radical (unpaired) electrons. The second-order valence-corrected chi connectivity index (χ2v) is 3.53. The Morgan fingerprint density at radius 1 is 1.62 bits per heavy atom. The SMILES string of the molecule is CCCOC1CCCN(CC#N)C1. The Bertz CT molecular complexity index is 176. The number of piperidine rings is 1. The summed E-state index contributed by atoms with van der Waals surface area (Å²) in [7, 11) is 0. The Labute approximate surface area is 80.3 Å². The van der Waals surface area contributed by atoms with Crippen molar-refractivity contribution in [3.8, 4) is 6.07 Å². The summed E-state index contributed by atoms with van der Waals surface area (Å²) in [6.07, 6.45) is 3.76. The normalized spacial score (nSPS) is 24.2. The van der Waals surface area contributed by atoms with E-state index in [0.717, 1.165) is 39.0 Å². The predicted molar refractivity (Wildman–Crippen MR) is 51.3 cm³/mol. The second-order valence-electron chi connectivity index (χ2n) is 3.53. The molecule has 1 atom stereocenters. The molecule has 3 heteroatoms. The fourth-order valence-electron chi connectivity index (χ4n) is 1.68. The lowest BCUT2D eigenvalue weighted by Crippen LogP contribution is -2.39. The minimum Gasteiger partial charge on any atom is -0.377 e. The molecule has 13 heavy (non-hydrogen) atoms. The summed E-state index contributed by atoms with van der Waals surface area (Å²) in [5.41, 5.74) is 0. The molecule has 1 fully saturated rings. The molecule has 0 saturated carbocycles. The van der Waals surface area contributed by atoms with Crippen molar-refractivity contribution in [1.82, 2.24) is 4.90 Å². The van der Waals surface area contributed by atoms with Gasteiger partial charge in [-0.1, -0.05) is 6.92 Å². The molecule has 0 aromatic rings. The van der Waals surface area contributed by atoms with Crippen molar-refractivity contribution in [3.63, 3.8) is 0 Å². The molecule has 1 aliphatic heterocycles. The number of nitriles is 1. The Morgan fingerprint density at radius 3 is 3.15 bits per heavy atom. The maximum atomic E-state index is 8.55. The first-order valence-electron chi connectivity index (χ1n) is 5.07. The van der Waals surface area contributed by atoms with Crippen LogP contribution in [0, 0.1) is 11.3 Å². The number of hydrogen-bond acceptors (Lipinski definition) is 3. The average Bonchev–Trinajstić information content (AvgIpc) is 2.16. The number of rotatable bonds is 4. The van der Waals surface area contributed by atoms with Gasteiger partial charge in [0.2, 0.25) is 0 Å². The third kappa shape index (κ3) is 3.75. The summed E-state index contributed by atoms with van der Waals surface area (Å²) < 4.78 is 5.66. The molecule has 0 N–H and O–H groups in total. The maximum absolute atomic E-state index is 8.55. The summed E-state index contributed by atoms with van der Waals surface area (Å²) >= 11 is 0. The monoisotopic (exact) mass is 182 g/mol. The molecule has 0 aromatic heterocycles. The van der Waals surface area contributed by atoms with Gasteiger partial charge in [-0.15, -0.1) is 0 Å². The minimum absolute atomic E-state index is 0.363. The lowest BCUT2D eigenvalue weighted by molar-refractivity contribution is 0.00348. The van der Waals surface area contributed by atoms with Gasteiger partial charge >= 0.3 is 0 Å². The van der Waals surface area contributed by atoms with E-state index in [0.29, 0.717) is 12.6 Å². The van der Waals surface area contributed by atoms with Gasteiger partial charge in [0.25, 0.3) is 0 Å². The minimum atomic E-state index is 0.363. The molecule has 0 amide bonds. The van der Waals surface area contributed by atoms with Crippen LogP contribution in [0.15, 0.2) is 0 Å². The van der Waals surface area contributed by atoms with Gasteiger partial charge in [-0.25, -0.2) is 0 Å². The zero-order valence-corrected chi connectivity index (χ0v) is 8.33. The highest BCUT2D eigenvalue weighted by molar-refractivity contribution is 4.81. The fourth-order valence-corrected chi connectivity index (χ4v) is 1.68. The Hall–Kier alpha value is -0.590. The Morgan fingerprint density at radius 2 is 2.46 bits per heavy atom. The molecule has 0 spiro atoms. The first-order chi connectivity index (χ1) is 6.36. The first-order valence-corrected chi connectivity index (χ1v) is 5.07. The van der Waals surface area contributed by atoms with Gasteiger partial charge < -0.3 is 4.74 Å². The van der Waals surface area contributed by atoms with E-state index in [1.165, 1.54) is 0 Å². The lowest BCUT2D eigenvalue weighted by Gasteiger charge is -2.30. The van der Waals surface area contributed by atoms with Crippen LogP contribution >= 0.6 is 0 Å². The van der Waals surface area contributed by atoms with E-state index in [4.69, 9.17) is 10.00 Å². The van der Waals surface area contributed by atoms with Crippen molar-refractivity contribution < 1.29 is 4.74 Å². The van der Waals surface area contributed by atoms with Crippen LogP contribution in [0.1, 0.15) is 26.2 Å². The van der Waals surface area contributed by atoms with Crippen LogP contribution in [0.25, 0.3) is 0 Å². The van der Waals surface area contributed by atoms with Crippen molar-refractivity contribution in [1.29, 1.82) is 5.26 Å². The van der Waals surface area contributed by atoms with E-state index in [1.54, 1.807) is 0 Å². The fraction of sp³-hybridized carbons (Fsp3) is 0.900. The van der Waals surface area contributed by atoms with Crippen LogP contribution in [0.5, 0.6) is 0 Å². The molecule has 1 heterocycles. The first kappa shape index (κ1) is 10.5. The van der Waals surface area contributed by atoms with Crippen LogP contribution < -0.4 is 0 Å². The van der Waals surface area contributed by atoms with Crippen molar-refractivity contribution in [3.05, 3.63) is 0 Å². The third-order valence-electron chi connectivity index (χ3n) is 2.31. The average molecular weight is 182 g/mol. The molecule has 0 aliphatic carbocycles. The quantitative estimate of drug-likeness (QED) is 0.617. The number of ether oxygens (including phenoxy) is 1. The van der Waals surface area contributed by atoms with E-state index >= 15 is 0 Å². The molecule has 1 saturated heterocycles. The summed E-state index contributed by atoms with van der Waals surface area (Å²) in [4.78, 5) is 2.17. The highest BCUT2D eigenvalue weighted by Gasteiger charge is 2.19. The summed E-state index contributed by atoms with van der Waals surface area (Å²) in [5, 5.41) is 8.55. The summed E-state index contributed by atoms with van der Waals surface area (Å²) in [5.74, 6) is 0. The highest BCUT2D eigenvalue weighted by atomic mass is 16.5. The zero-order chi connectivity index (χ0) is 9.52. The van der Waals surface area contributed by atoms with Crippen molar-refractivity contribution >= 4 is 0 Å². The van der Waals surface area contributed by atoms with Crippen molar-refractivity contribution in [2.75, 3.05) is 26.2 Å². The van der Waals surface area contributed by atoms with E-state index in [9.17, 15) is 0 Å². The highest BCUT2D eigenvalue weighted by Crippen LogP contribution is 2.12. The van der Waals surface area contributed by atoms with Gasteiger partial charge in [-0.2, -0.15) is 5.26 Å². The van der Waals surface area contributed by atoms with Crippen LogP contribution in [0.3, 0.4) is 0 Å². The summed E-state index contributed by atoms with van der Waals surface area (Å²) in [6, 6.07) is 2.18. The lowest BCUT2D eigenvalue weighted by atomic mass is 10.1. The largest absolute Gasteiger partial charge is 0.377 e. The van der Waals surface area contributed by atoms with E-state index in [-0.39, 0.29) is 0 Å². The topological polar surface area (TPSA) is 36.3 Å². The standard InChI is InChI=1S/C10H18N2O/c1-2-8-13-10-4-3-6-12(9-10)7-5-11/h10H,2-4,6-9H2,1H3. The van der Waals surface area contributed by atoms with Crippen LogP contribution in [-0.2, 0) is 4.74 Å². The number of likely N-dealkylation sites (tertiary alicyclic amines) is 1.